The third-order valence-corrected chi connectivity index (χ3v) is 7.24. The Hall–Kier alpha value is -1.93. The van der Waals surface area contributed by atoms with Gasteiger partial charge in [0.2, 0.25) is 0 Å². The molecular formula is C20H29N2O5S+. The first-order chi connectivity index (χ1) is 13.4. The molecule has 1 saturated carbocycles. The molecule has 1 aromatic rings. The van der Waals surface area contributed by atoms with E-state index in [0.29, 0.717) is 22.0 Å². The number of thiophene rings is 1. The van der Waals surface area contributed by atoms with Crippen LogP contribution in [0.2, 0.25) is 0 Å². The number of hydrogen-bond donors (Lipinski definition) is 2. The number of rotatable bonds is 5. The number of carbonyl (C=O) groups is 3. The average molecular weight is 410 g/mol. The van der Waals surface area contributed by atoms with Crippen molar-refractivity contribution in [3.63, 3.8) is 0 Å². The maximum Gasteiger partial charge on any atom is 0.348 e. The van der Waals surface area contributed by atoms with Gasteiger partial charge >= 0.3 is 11.9 Å². The first-order valence-corrected chi connectivity index (χ1v) is 10.7. The molecule has 3 atom stereocenters. The second-order valence-corrected chi connectivity index (χ2v) is 8.79. The summed E-state index contributed by atoms with van der Waals surface area (Å²) in [5.74, 6) is 0.305. The molecule has 1 aliphatic carbocycles. The van der Waals surface area contributed by atoms with Crippen molar-refractivity contribution in [2.45, 2.75) is 39.0 Å². The first kappa shape index (κ1) is 20.8. The van der Waals surface area contributed by atoms with Crippen molar-refractivity contribution in [2.75, 3.05) is 39.2 Å². The van der Waals surface area contributed by atoms with Crippen molar-refractivity contribution < 1.29 is 28.8 Å². The fraction of sp³-hybridized carbons (Fsp3) is 0.650. The normalized spacial score (nSPS) is 24.2. The topological polar surface area (TPSA) is 86.1 Å². The highest BCUT2D eigenvalue weighted by atomic mass is 32.1. The number of likely N-dealkylation sites (tertiary alicyclic amines) is 1. The van der Waals surface area contributed by atoms with Gasteiger partial charge in [0.25, 0.3) is 5.91 Å². The van der Waals surface area contributed by atoms with Gasteiger partial charge in [-0.15, -0.1) is 11.3 Å². The molecule has 1 aromatic heterocycles. The Labute approximate surface area is 169 Å². The summed E-state index contributed by atoms with van der Waals surface area (Å²) in [6, 6.07) is 0. The molecule has 154 valence electrons. The summed E-state index contributed by atoms with van der Waals surface area (Å²) >= 11 is 1.05. The molecule has 1 saturated heterocycles. The molecule has 2 aliphatic rings. The number of piperidine rings is 1. The summed E-state index contributed by atoms with van der Waals surface area (Å²) < 4.78 is 9.61. The molecule has 1 aliphatic heterocycles. The van der Waals surface area contributed by atoms with E-state index >= 15 is 0 Å². The molecule has 2 heterocycles. The number of methoxy groups -OCH3 is 2. The zero-order chi connectivity index (χ0) is 20.3. The fourth-order valence-corrected chi connectivity index (χ4v) is 5.72. The predicted octanol–water partition coefficient (Wildman–Crippen LogP) is 1.66. The Morgan fingerprint density at radius 2 is 1.75 bits per heavy atom. The maximum atomic E-state index is 12.7. The number of anilines is 1. The Bertz CT molecular complexity index is 760. The summed E-state index contributed by atoms with van der Waals surface area (Å²) in [5.41, 5.74) is 0.691. The van der Waals surface area contributed by atoms with E-state index in [9.17, 15) is 14.4 Å². The zero-order valence-corrected chi connectivity index (χ0v) is 17.6. The Morgan fingerprint density at radius 3 is 2.43 bits per heavy atom. The van der Waals surface area contributed by atoms with E-state index in [-0.39, 0.29) is 11.5 Å². The molecule has 1 unspecified atom stereocenters. The molecular weight excluding hydrogens is 380 g/mol. The minimum atomic E-state index is -0.574. The summed E-state index contributed by atoms with van der Waals surface area (Å²) in [6.07, 6.45) is 6.43. The SMILES string of the molecule is COC(=O)c1sc(NC(=O)C[NH+]2CC[C@H]3CCCC[C@@H]3C2)c(C(=O)OC)c1C. The van der Waals surface area contributed by atoms with Crippen molar-refractivity contribution >= 4 is 34.2 Å². The van der Waals surface area contributed by atoms with Crippen LogP contribution in [0.1, 0.15) is 57.7 Å². The van der Waals surface area contributed by atoms with Crippen molar-refractivity contribution in [2.24, 2.45) is 11.8 Å². The van der Waals surface area contributed by atoms with E-state index in [1.54, 1.807) is 6.92 Å². The van der Waals surface area contributed by atoms with Crippen molar-refractivity contribution in [1.82, 2.24) is 0 Å². The zero-order valence-electron chi connectivity index (χ0n) is 16.8. The van der Waals surface area contributed by atoms with Crippen molar-refractivity contribution in [1.29, 1.82) is 0 Å². The Balaban J connectivity index is 1.69. The summed E-state index contributed by atoms with van der Waals surface area (Å²) in [5, 5.41) is 3.18. The first-order valence-electron chi connectivity index (χ1n) is 9.88. The smallest absolute Gasteiger partial charge is 0.348 e. The van der Waals surface area contributed by atoms with Gasteiger partial charge in [-0.25, -0.2) is 9.59 Å². The van der Waals surface area contributed by atoms with E-state index in [2.05, 4.69) is 5.32 Å². The highest BCUT2D eigenvalue weighted by Crippen LogP contribution is 2.34. The molecule has 2 N–H and O–H groups in total. The molecule has 3 rings (SSSR count). The van der Waals surface area contributed by atoms with Crippen LogP contribution in [-0.2, 0) is 14.3 Å². The Kier molecular flexibility index (Phi) is 6.72. The third-order valence-electron chi connectivity index (χ3n) is 6.06. The van der Waals surface area contributed by atoms with Crippen LogP contribution in [0.3, 0.4) is 0 Å². The number of fused-ring (bicyclic) bond motifs is 1. The molecule has 8 heteroatoms. The highest BCUT2D eigenvalue weighted by Gasteiger charge is 2.34. The largest absolute Gasteiger partial charge is 0.465 e. The van der Waals surface area contributed by atoms with Crippen LogP contribution >= 0.6 is 11.3 Å². The predicted molar refractivity (Wildman–Crippen MR) is 106 cm³/mol. The monoisotopic (exact) mass is 409 g/mol. The number of nitrogens with one attached hydrogen (secondary N) is 2. The summed E-state index contributed by atoms with van der Waals surface area (Å²) in [7, 11) is 2.57. The lowest BCUT2D eigenvalue weighted by atomic mass is 9.75. The summed E-state index contributed by atoms with van der Waals surface area (Å²) in [4.78, 5) is 38.4. The van der Waals surface area contributed by atoms with Crippen LogP contribution < -0.4 is 10.2 Å². The van der Waals surface area contributed by atoms with E-state index < -0.39 is 11.9 Å². The number of hydrogen-bond acceptors (Lipinski definition) is 6. The van der Waals surface area contributed by atoms with Crippen molar-refractivity contribution in [3.8, 4) is 0 Å². The van der Waals surface area contributed by atoms with Crippen LogP contribution in [0.15, 0.2) is 0 Å². The number of esters is 2. The lowest BCUT2D eigenvalue weighted by Gasteiger charge is -2.38. The quantitative estimate of drug-likeness (QED) is 0.723. The van der Waals surface area contributed by atoms with E-state index in [4.69, 9.17) is 9.47 Å². The van der Waals surface area contributed by atoms with Gasteiger partial charge in [0.05, 0.1) is 32.9 Å². The average Bonchev–Trinajstić information content (AvgIpc) is 3.02. The van der Waals surface area contributed by atoms with Gasteiger partial charge in [-0.3, -0.25) is 4.79 Å². The lowest BCUT2D eigenvalue weighted by Crippen LogP contribution is -3.15. The molecule has 1 amide bonds. The van der Waals surface area contributed by atoms with Gasteiger partial charge < -0.3 is 19.7 Å². The highest BCUT2D eigenvalue weighted by molar-refractivity contribution is 7.18. The van der Waals surface area contributed by atoms with E-state index in [0.717, 1.165) is 36.3 Å². The van der Waals surface area contributed by atoms with Crippen LogP contribution in [0.25, 0.3) is 0 Å². The van der Waals surface area contributed by atoms with Gasteiger partial charge in [-0.05, 0) is 37.7 Å². The van der Waals surface area contributed by atoms with Crippen LogP contribution in [0.5, 0.6) is 0 Å². The minimum absolute atomic E-state index is 0.146. The van der Waals surface area contributed by atoms with Crippen LogP contribution in [-0.4, -0.2) is 51.7 Å². The number of carbonyl (C=O) groups excluding carboxylic acids is 3. The van der Waals surface area contributed by atoms with Gasteiger partial charge in [0.15, 0.2) is 6.54 Å². The Morgan fingerprint density at radius 1 is 1.07 bits per heavy atom. The third kappa shape index (κ3) is 4.38. The standard InChI is InChI=1S/C20H28N2O5S/c1-12-16(19(24)26-2)18(28-17(12)20(25)27-3)21-15(23)11-22-9-8-13-6-4-5-7-14(13)10-22/h13-14H,4-11H2,1-3H3,(H,21,23)/p+1/t13-,14-/m1/s1. The second-order valence-electron chi connectivity index (χ2n) is 7.77. The molecule has 0 aromatic carbocycles. The van der Waals surface area contributed by atoms with Gasteiger partial charge in [-0.1, -0.05) is 12.8 Å². The maximum absolute atomic E-state index is 12.7. The molecule has 2 fully saturated rings. The second kappa shape index (κ2) is 9.05. The van der Waals surface area contributed by atoms with Crippen LogP contribution in [0, 0.1) is 18.8 Å². The minimum Gasteiger partial charge on any atom is -0.465 e. The lowest BCUT2D eigenvalue weighted by molar-refractivity contribution is -0.902. The number of ether oxygens (including phenoxy) is 2. The molecule has 28 heavy (non-hydrogen) atoms. The van der Waals surface area contributed by atoms with Gasteiger partial charge in [0, 0.05) is 5.92 Å². The van der Waals surface area contributed by atoms with Crippen molar-refractivity contribution in [3.05, 3.63) is 16.0 Å². The van der Waals surface area contributed by atoms with Gasteiger partial charge in [0.1, 0.15) is 9.88 Å². The van der Waals surface area contributed by atoms with E-state index in [1.807, 2.05) is 0 Å². The summed E-state index contributed by atoms with van der Waals surface area (Å²) in [6.45, 7) is 4.08. The number of amides is 1. The number of quaternary nitrogens is 1. The van der Waals surface area contributed by atoms with Gasteiger partial charge in [-0.2, -0.15) is 0 Å². The van der Waals surface area contributed by atoms with E-state index in [1.165, 1.54) is 51.2 Å². The molecule has 0 bridgehead atoms. The molecule has 0 spiro atoms. The molecule has 0 radical (unpaired) electrons. The van der Waals surface area contributed by atoms with Crippen LogP contribution in [0.4, 0.5) is 5.00 Å². The fourth-order valence-electron chi connectivity index (χ4n) is 4.59. The molecule has 7 nitrogen and oxygen atoms in total.